The summed E-state index contributed by atoms with van der Waals surface area (Å²) in [7, 11) is 1.97. The van der Waals surface area contributed by atoms with Gasteiger partial charge in [-0.2, -0.15) is 0 Å². The topological polar surface area (TPSA) is 24.9 Å². The third-order valence-corrected chi connectivity index (χ3v) is 5.43. The summed E-state index contributed by atoms with van der Waals surface area (Å²) in [4.78, 5) is 5.92. The van der Waals surface area contributed by atoms with Crippen LogP contribution in [-0.4, -0.2) is 12.0 Å². The van der Waals surface area contributed by atoms with Crippen LogP contribution in [0.15, 0.2) is 18.2 Å². The third kappa shape index (κ3) is 2.85. The molecule has 1 aliphatic rings. The minimum atomic E-state index is -0.272. The highest BCUT2D eigenvalue weighted by Crippen LogP contribution is 2.45. The highest BCUT2D eigenvalue weighted by molar-refractivity contribution is 7.15. The SMILES string of the molecule is CNC1CC(C)(C)Cc2nc(-c3cc(Cl)ccc3F)sc21. The Hall–Kier alpha value is -0.970. The van der Waals surface area contributed by atoms with E-state index in [4.69, 9.17) is 16.6 Å². The van der Waals surface area contributed by atoms with Crippen LogP contribution in [0.1, 0.15) is 36.9 Å². The summed E-state index contributed by atoms with van der Waals surface area (Å²) in [6.07, 6.45) is 2.00. The second-order valence-corrected chi connectivity index (χ2v) is 7.81. The molecule has 3 rings (SSSR count). The van der Waals surface area contributed by atoms with E-state index in [0.717, 1.165) is 23.5 Å². The molecule has 0 amide bonds. The van der Waals surface area contributed by atoms with E-state index in [1.165, 1.54) is 10.9 Å². The summed E-state index contributed by atoms with van der Waals surface area (Å²) < 4.78 is 14.0. The Morgan fingerprint density at radius 2 is 2.19 bits per heavy atom. The highest BCUT2D eigenvalue weighted by atomic mass is 35.5. The molecule has 0 bridgehead atoms. The molecule has 1 atom stereocenters. The third-order valence-electron chi connectivity index (χ3n) is 3.95. The molecule has 21 heavy (non-hydrogen) atoms. The van der Waals surface area contributed by atoms with Gasteiger partial charge in [0.2, 0.25) is 0 Å². The summed E-state index contributed by atoms with van der Waals surface area (Å²) in [5.41, 5.74) is 1.79. The monoisotopic (exact) mass is 324 g/mol. The van der Waals surface area contributed by atoms with Gasteiger partial charge in [0, 0.05) is 21.5 Å². The van der Waals surface area contributed by atoms with Crippen LogP contribution in [0.3, 0.4) is 0 Å². The highest BCUT2D eigenvalue weighted by Gasteiger charge is 2.34. The Balaban J connectivity index is 2.08. The van der Waals surface area contributed by atoms with Gasteiger partial charge in [-0.1, -0.05) is 25.4 Å². The predicted molar refractivity (Wildman–Crippen MR) is 86.4 cm³/mol. The number of halogens is 2. The predicted octanol–water partition coefficient (Wildman–Crippen LogP) is 4.84. The van der Waals surface area contributed by atoms with Gasteiger partial charge in [-0.15, -0.1) is 11.3 Å². The van der Waals surface area contributed by atoms with E-state index in [1.54, 1.807) is 23.5 Å². The van der Waals surface area contributed by atoms with Gasteiger partial charge < -0.3 is 5.32 Å². The second kappa shape index (κ2) is 5.34. The van der Waals surface area contributed by atoms with Gasteiger partial charge in [0.25, 0.3) is 0 Å². The quantitative estimate of drug-likeness (QED) is 0.855. The lowest BCUT2D eigenvalue weighted by Crippen LogP contribution is -2.30. The zero-order valence-electron chi connectivity index (χ0n) is 12.3. The Morgan fingerprint density at radius 1 is 1.43 bits per heavy atom. The molecular weight excluding hydrogens is 307 g/mol. The molecule has 5 heteroatoms. The van der Waals surface area contributed by atoms with Crippen LogP contribution in [0.25, 0.3) is 10.6 Å². The van der Waals surface area contributed by atoms with E-state index >= 15 is 0 Å². The molecule has 0 saturated carbocycles. The van der Waals surface area contributed by atoms with Crippen molar-refractivity contribution in [1.29, 1.82) is 0 Å². The minimum absolute atomic E-state index is 0.207. The fraction of sp³-hybridized carbons (Fsp3) is 0.438. The molecule has 0 radical (unpaired) electrons. The van der Waals surface area contributed by atoms with E-state index in [1.807, 2.05) is 7.05 Å². The molecule has 112 valence electrons. The first-order valence-electron chi connectivity index (χ1n) is 7.02. The van der Waals surface area contributed by atoms with Crippen molar-refractivity contribution >= 4 is 22.9 Å². The van der Waals surface area contributed by atoms with E-state index in [-0.39, 0.29) is 17.3 Å². The Labute approximate surface area is 133 Å². The molecular formula is C16H18ClFN2S. The summed E-state index contributed by atoms with van der Waals surface area (Å²) in [6, 6.07) is 4.91. The molecule has 1 aromatic heterocycles. The molecule has 2 nitrogen and oxygen atoms in total. The van der Waals surface area contributed by atoms with Gasteiger partial charge in [0.05, 0.1) is 5.69 Å². The maximum atomic E-state index is 14.0. The number of benzene rings is 1. The Kier molecular flexibility index (Phi) is 3.80. The van der Waals surface area contributed by atoms with Crippen molar-refractivity contribution in [3.8, 4) is 10.6 Å². The molecule has 1 unspecified atom stereocenters. The number of nitrogens with one attached hydrogen (secondary N) is 1. The molecule has 1 aromatic carbocycles. The number of fused-ring (bicyclic) bond motifs is 1. The number of rotatable bonds is 2. The first-order valence-corrected chi connectivity index (χ1v) is 8.21. The van der Waals surface area contributed by atoms with Gasteiger partial charge in [-0.3, -0.25) is 0 Å². The number of hydrogen-bond acceptors (Lipinski definition) is 3. The normalized spacial score (nSPS) is 20.3. The largest absolute Gasteiger partial charge is 0.312 e. The first kappa shape index (κ1) is 14.9. The van der Waals surface area contributed by atoms with Crippen molar-refractivity contribution in [1.82, 2.24) is 10.3 Å². The van der Waals surface area contributed by atoms with E-state index in [0.29, 0.717) is 10.6 Å². The molecule has 0 fully saturated rings. The van der Waals surface area contributed by atoms with Crippen LogP contribution in [0.2, 0.25) is 5.02 Å². The van der Waals surface area contributed by atoms with Gasteiger partial charge in [-0.25, -0.2) is 9.37 Å². The molecule has 1 aliphatic carbocycles. The van der Waals surface area contributed by atoms with Crippen LogP contribution >= 0.6 is 22.9 Å². The molecule has 0 spiro atoms. The maximum Gasteiger partial charge on any atom is 0.133 e. The number of aromatic nitrogens is 1. The minimum Gasteiger partial charge on any atom is -0.312 e. The average Bonchev–Trinajstić information content (AvgIpc) is 2.82. The molecule has 2 aromatic rings. The lowest BCUT2D eigenvalue weighted by Gasteiger charge is -2.34. The van der Waals surface area contributed by atoms with Gasteiger partial charge in [-0.05, 0) is 43.5 Å². The summed E-state index contributed by atoms with van der Waals surface area (Å²) in [5, 5.41) is 4.61. The number of nitrogens with zero attached hydrogens (tertiary/aromatic N) is 1. The number of hydrogen-bond donors (Lipinski definition) is 1. The van der Waals surface area contributed by atoms with Crippen LogP contribution in [0.5, 0.6) is 0 Å². The van der Waals surface area contributed by atoms with Crippen LogP contribution in [0, 0.1) is 11.2 Å². The van der Waals surface area contributed by atoms with E-state index < -0.39 is 0 Å². The smallest absolute Gasteiger partial charge is 0.133 e. The van der Waals surface area contributed by atoms with E-state index in [9.17, 15) is 4.39 Å². The van der Waals surface area contributed by atoms with Crippen molar-refractivity contribution in [3.05, 3.63) is 39.6 Å². The molecule has 1 N–H and O–H groups in total. The zero-order chi connectivity index (χ0) is 15.2. The van der Waals surface area contributed by atoms with Crippen molar-refractivity contribution < 1.29 is 4.39 Å². The standard InChI is InChI=1S/C16H18ClFN2S/c1-16(2)7-12(19-3)14-13(8-16)20-15(21-14)10-6-9(17)4-5-11(10)18/h4-6,12,19H,7-8H2,1-3H3. The van der Waals surface area contributed by atoms with Gasteiger partial charge >= 0.3 is 0 Å². The van der Waals surface area contributed by atoms with Crippen LogP contribution < -0.4 is 5.32 Å². The van der Waals surface area contributed by atoms with E-state index in [2.05, 4.69) is 19.2 Å². The summed E-state index contributed by atoms with van der Waals surface area (Å²) in [5.74, 6) is -0.272. The van der Waals surface area contributed by atoms with Crippen molar-refractivity contribution in [2.75, 3.05) is 7.05 Å². The average molecular weight is 325 g/mol. The fourth-order valence-electron chi connectivity index (χ4n) is 2.94. The fourth-order valence-corrected chi connectivity index (χ4v) is 4.32. The van der Waals surface area contributed by atoms with Gasteiger partial charge in [0.1, 0.15) is 10.8 Å². The Bertz CT molecular complexity index is 681. The zero-order valence-corrected chi connectivity index (χ0v) is 13.9. The van der Waals surface area contributed by atoms with Crippen molar-refractivity contribution in [2.24, 2.45) is 5.41 Å². The van der Waals surface area contributed by atoms with Crippen LogP contribution in [0.4, 0.5) is 4.39 Å². The Morgan fingerprint density at radius 3 is 2.90 bits per heavy atom. The molecule has 0 saturated heterocycles. The lowest BCUT2D eigenvalue weighted by molar-refractivity contribution is 0.265. The first-order chi connectivity index (χ1) is 9.89. The second-order valence-electron chi connectivity index (χ2n) is 6.34. The van der Waals surface area contributed by atoms with Gasteiger partial charge in [0.15, 0.2) is 0 Å². The lowest BCUT2D eigenvalue weighted by atomic mass is 9.76. The summed E-state index contributed by atoms with van der Waals surface area (Å²) >= 11 is 7.56. The van der Waals surface area contributed by atoms with Crippen LogP contribution in [-0.2, 0) is 6.42 Å². The van der Waals surface area contributed by atoms with Crippen molar-refractivity contribution in [3.63, 3.8) is 0 Å². The maximum absolute atomic E-state index is 14.0. The summed E-state index contributed by atoms with van der Waals surface area (Å²) in [6.45, 7) is 4.50. The molecule has 1 heterocycles. The van der Waals surface area contributed by atoms with Crippen molar-refractivity contribution in [2.45, 2.75) is 32.7 Å². The molecule has 0 aliphatic heterocycles. The number of thiazole rings is 1.